The number of fused-ring (bicyclic) bond motifs is 1. The van der Waals surface area contributed by atoms with Crippen molar-refractivity contribution in [2.75, 3.05) is 12.4 Å². The van der Waals surface area contributed by atoms with Crippen molar-refractivity contribution < 1.29 is 0 Å². The highest BCUT2D eigenvalue weighted by Crippen LogP contribution is 2.29. The number of hydrogen-bond acceptors (Lipinski definition) is 3. The van der Waals surface area contributed by atoms with Crippen molar-refractivity contribution in [1.29, 1.82) is 0 Å². The number of hydrogen-bond donors (Lipinski definition) is 1. The van der Waals surface area contributed by atoms with Gasteiger partial charge in [0.25, 0.3) is 0 Å². The lowest BCUT2D eigenvalue weighted by atomic mass is 10.2. The maximum absolute atomic E-state index is 5.55. The molecular formula is C18H19N3S2. The average molecular weight is 342 g/mol. The summed E-state index contributed by atoms with van der Waals surface area (Å²) in [6.45, 7) is 4.20. The minimum absolute atomic E-state index is 0.122. The molecule has 0 spiro atoms. The van der Waals surface area contributed by atoms with Gasteiger partial charge in [0, 0.05) is 12.7 Å². The van der Waals surface area contributed by atoms with Gasteiger partial charge in [0.1, 0.15) is 5.01 Å². The fourth-order valence-electron chi connectivity index (χ4n) is 2.34. The van der Waals surface area contributed by atoms with Crippen molar-refractivity contribution in [3.05, 3.63) is 59.1 Å². The summed E-state index contributed by atoms with van der Waals surface area (Å²) >= 11 is 7.27. The van der Waals surface area contributed by atoms with Crippen molar-refractivity contribution in [1.82, 2.24) is 9.88 Å². The minimum Gasteiger partial charge on any atom is -0.343 e. The zero-order chi connectivity index (χ0) is 16.4. The van der Waals surface area contributed by atoms with Crippen molar-refractivity contribution in [2.24, 2.45) is 0 Å². The van der Waals surface area contributed by atoms with Crippen LogP contribution in [0.25, 0.3) is 10.2 Å². The third-order valence-electron chi connectivity index (χ3n) is 3.84. The summed E-state index contributed by atoms with van der Waals surface area (Å²) in [5.74, 6) is 0. The van der Waals surface area contributed by atoms with E-state index >= 15 is 0 Å². The standard InChI is InChI=1S/C18H19N3S2/c1-12-7-6-8-14(11-12)19-18(22)21(3)13(2)17-20-15-9-4-5-10-16(15)23-17/h4-11,13H,1-3H3,(H,19,22)/t13-/m1/s1. The SMILES string of the molecule is Cc1cccc(NC(=S)N(C)[C@H](C)c2nc3ccccc3s2)c1. The van der Waals surface area contributed by atoms with Gasteiger partial charge in [0.05, 0.1) is 16.3 Å². The highest BCUT2D eigenvalue weighted by Gasteiger charge is 2.18. The summed E-state index contributed by atoms with van der Waals surface area (Å²) in [6, 6.07) is 16.5. The number of anilines is 1. The molecule has 0 fully saturated rings. The number of aryl methyl sites for hydroxylation is 1. The molecule has 3 aromatic rings. The number of thiazole rings is 1. The van der Waals surface area contributed by atoms with Crippen LogP contribution in [0.4, 0.5) is 5.69 Å². The molecule has 0 amide bonds. The fourth-order valence-corrected chi connectivity index (χ4v) is 3.68. The quantitative estimate of drug-likeness (QED) is 0.679. The summed E-state index contributed by atoms with van der Waals surface area (Å²) in [4.78, 5) is 6.78. The number of nitrogens with zero attached hydrogens (tertiary/aromatic N) is 2. The van der Waals surface area contributed by atoms with Crippen molar-refractivity contribution in [3.8, 4) is 0 Å². The first-order valence-electron chi connectivity index (χ1n) is 7.50. The molecule has 0 aliphatic rings. The zero-order valence-corrected chi connectivity index (χ0v) is 15.0. The smallest absolute Gasteiger partial charge is 0.173 e. The molecule has 0 radical (unpaired) electrons. The molecule has 0 unspecified atom stereocenters. The van der Waals surface area contributed by atoms with Gasteiger partial charge in [-0.05, 0) is 55.9 Å². The Balaban J connectivity index is 1.75. The number of para-hydroxylation sites is 1. The first kappa shape index (κ1) is 15.9. The van der Waals surface area contributed by atoms with E-state index in [0.717, 1.165) is 16.2 Å². The summed E-state index contributed by atoms with van der Waals surface area (Å²) < 4.78 is 1.21. The van der Waals surface area contributed by atoms with Crippen LogP contribution in [0.1, 0.15) is 23.5 Å². The summed E-state index contributed by atoms with van der Waals surface area (Å²) in [6.07, 6.45) is 0. The van der Waals surface area contributed by atoms with E-state index in [1.165, 1.54) is 10.3 Å². The summed E-state index contributed by atoms with van der Waals surface area (Å²) in [7, 11) is 2.00. The number of nitrogens with one attached hydrogen (secondary N) is 1. The summed E-state index contributed by atoms with van der Waals surface area (Å²) in [5, 5.41) is 5.07. The molecule has 1 N–H and O–H groups in total. The van der Waals surface area contributed by atoms with Gasteiger partial charge < -0.3 is 10.2 Å². The Hall–Kier alpha value is -1.98. The Kier molecular flexibility index (Phi) is 4.59. The van der Waals surface area contributed by atoms with Crippen LogP contribution < -0.4 is 5.32 Å². The molecule has 0 saturated heterocycles. The largest absolute Gasteiger partial charge is 0.343 e. The molecule has 2 aromatic carbocycles. The predicted molar refractivity (Wildman–Crippen MR) is 103 cm³/mol. The molecule has 1 atom stereocenters. The average Bonchev–Trinajstić information content (AvgIpc) is 2.97. The lowest BCUT2D eigenvalue weighted by Crippen LogP contribution is -2.33. The predicted octanol–water partition coefficient (Wildman–Crippen LogP) is 4.99. The first-order valence-corrected chi connectivity index (χ1v) is 8.73. The molecule has 0 aliphatic heterocycles. The molecule has 1 heterocycles. The van der Waals surface area contributed by atoms with Crippen LogP contribution >= 0.6 is 23.6 Å². The van der Waals surface area contributed by atoms with Crippen LogP contribution in [0, 0.1) is 6.92 Å². The summed E-state index contributed by atoms with van der Waals surface area (Å²) in [5.41, 5.74) is 3.27. The Morgan fingerprint density at radius 3 is 2.74 bits per heavy atom. The van der Waals surface area contributed by atoms with Gasteiger partial charge in [0.15, 0.2) is 5.11 Å². The molecule has 0 bridgehead atoms. The van der Waals surface area contributed by atoms with E-state index in [0.29, 0.717) is 5.11 Å². The van der Waals surface area contributed by atoms with Gasteiger partial charge in [-0.25, -0.2) is 4.98 Å². The van der Waals surface area contributed by atoms with Crippen LogP contribution in [0.5, 0.6) is 0 Å². The van der Waals surface area contributed by atoms with Gasteiger partial charge in [-0.3, -0.25) is 0 Å². The van der Waals surface area contributed by atoms with E-state index in [1.54, 1.807) is 11.3 Å². The Labute approximate surface area is 146 Å². The molecule has 3 rings (SSSR count). The van der Waals surface area contributed by atoms with Gasteiger partial charge in [-0.2, -0.15) is 0 Å². The molecular weight excluding hydrogens is 322 g/mol. The second-order valence-corrected chi connectivity index (χ2v) is 7.06. The van der Waals surface area contributed by atoms with Crippen molar-refractivity contribution >= 4 is 44.6 Å². The highest BCUT2D eigenvalue weighted by atomic mass is 32.1. The first-order chi connectivity index (χ1) is 11.0. The number of thiocarbonyl (C=S) groups is 1. The maximum Gasteiger partial charge on any atom is 0.173 e. The van der Waals surface area contributed by atoms with E-state index in [9.17, 15) is 0 Å². The normalized spacial score (nSPS) is 12.1. The third-order valence-corrected chi connectivity index (χ3v) is 5.44. The highest BCUT2D eigenvalue weighted by molar-refractivity contribution is 7.80. The molecule has 0 saturated carbocycles. The minimum atomic E-state index is 0.122. The Morgan fingerprint density at radius 2 is 2.00 bits per heavy atom. The van der Waals surface area contributed by atoms with E-state index in [4.69, 9.17) is 17.2 Å². The number of aromatic nitrogens is 1. The number of rotatable bonds is 3. The van der Waals surface area contributed by atoms with Crippen LogP contribution in [-0.4, -0.2) is 22.0 Å². The monoisotopic (exact) mass is 341 g/mol. The van der Waals surface area contributed by atoms with Crippen LogP contribution in [0.2, 0.25) is 0 Å². The molecule has 118 valence electrons. The van der Waals surface area contributed by atoms with Crippen LogP contribution in [-0.2, 0) is 0 Å². The van der Waals surface area contributed by atoms with E-state index in [1.807, 2.05) is 37.4 Å². The molecule has 23 heavy (non-hydrogen) atoms. The molecule has 1 aromatic heterocycles. The maximum atomic E-state index is 5.55. The lowest BCUT2D eigenvalue weighted by molar-refractivity contribution is 0.407. The van der Waals surface area contributed by atoms with Gasteiger partial charge in [0.2, 0.25) is 0 Å². The van der Waals surface area contributed by atoms with E-state index in [2.05, 4.69) is 42.3 Å². The van der Waals surface area contributed by atoms with Gasteiger partial charge >= 0.3 is 0 Å². The van der Waals surface area contributed by atoms with E-state index in [-0.39, 0.29) is 6.04 Å². The number of benzene rings is 2. The van der Waals surface area contributed by atoms with Gasteiger partial charge in [-0.1, -0.05) is 24.3 Å². The van der Waals surface area contributed by atoms with Crippen LogP contribution in [0.15, 0.2) is 48.5 Å². The second kappa shape index (κ2) is 6.64. The lowest BCUT2D eigenvalue weighted by Gasteiger charge is -2.26. The van der Waals surface area contributed by atoms with Crippen LogP contribution in [0.3, 0.4) is 0 Å². The topological polar surface area (TPSA) is 28.2 Å². The molecule has 5 heteroatoms. The Bertz CT molecular complexity index is 808. The zero-order valence-electron chi connectivity index (χ0n) is 13.4. The van der Waals surface area contributed by atoms with E-state index < -0.39 is 0 Å². The van der Waals surface area contributed by atoms with Gasteiger partial charge in [-0.15, -0.1) is 11.3 Å². The molecule has 3 nitrogen and oxygen atoms in total. The molecule has 0 aliphatic carbocycles. The fraction of sp³-hybridized carbons (Fsp3) is 0.222. The second-order valence-electron chi connectivity index (χ2n) is 5.61. The Morgan fingerprint density at radius 1 is 1.22 bits per heavy atom. The van der Waals surface area contributed by atoms with Crippen molar-refractivity contribution in [2.45, 2.75) is 19.9 Å². The third kappa shape index (κ3) is 3.51. The van der Waals surface area contributed by atoms with Crippen molar-refractivity contribution in [3.63, 3.8) is 0 Å².